The number of hydrogen-bond acceptors (Lipinski definition) is 4. The molecule has 3 rings (SSSR count). The summed E-state index contributed by atoms with van der Waals surface area (Å²) in [4.78, 5) is 9.98. The number of aromatic nitrogens is 4. The Bertz CT molecular complexity index is 702. The van der Waals surface area contributed by atoms with E-state index in [0.29, 0.717) is 31.1 Å². The molecule has 1 fully saturated rings. The molecule has 2 aromatic rings. The lowest BCUT2D eigenvalue weighted by atomic mass is 10.00. The van der Waals surface area contributed by atoms with Crippen molar-refractivity contribution in [2.75, 3.05) is 18.0 Å². The van der Waals surface area contributed by atoms with Crippen molar-refractivity contribution >= 4 is 5.95 Å². The fraction of sp³-hybridized carbons (Fsp3) is 0.562. The predicted octanol–water partition coefficient (Wildman–Crippen LogP) is 3.62. The van der Waals surface area contributed by atoms with Gasteiger partial charge in [0.1, 0.15) is 0 Å². The molecule has 8 heteroatoms. The summed E-state index contributed by atoms with van der Waals surface area (Å²) in [6.45, 7) is 6.06. The van der Waals surface area contributed by atoms with E-state index in [0.717, 1.165) is 18.9 Å². The van der Waals surface area contributed by atoms with Crippen molar-refractivity contribution in [1.82, 2.24) is 19.7 Å². The molecule has 0 radical (unpaired) electrons. The zero-order valence-corrected chi connectivity index (χ0v) is 13.7. The molecule has 0 spiro atoms. The van der Waals surface area contributed by atoms with Gasteiger partial charge in [0.05, 0.1) is 11.9 Å². The highest BCUT2D eigenvalue weighted by Gasteiger charge is 2.34. The Morgan fingerprint density at radius 2 is 1.92 bits per heavy atom. The van der Waals surface area contributed by atoms with E-state index in [9.17, 15) is 13.2 Å². The van der Waals surface area contributed by atoms with Crippen molar-refractivity contribution in [3.05, 3.63) is 24.2 Å². The van der Waals surface area contributed by atoms with E-state index in [1.165, 1.54) is 6.20 Å². The normalized spacial score (nSPS) is 16.6. The quantitative estimate of drug-likeness (QED) is 0.857. The molecule has 1 aliphatic rings. The van der Waals surface area contributed by atoms with Gasteiger partial charge in [-0.3, -0.25) is 4.68 Å². The van der Waals surface area contributed by atoms with Crippen molar-refractivity contribution in [1.29, 1.82) is 0 Å². The fourth-order valence-corrected chi connectivity index (χ4v) is 2.75. The van der Waals surface area contributed by atoms with Crippen molar-refractivity contribution in [3.63, 3.8) is 0 Å². The summed E-state index contributed by atoms with van der Waals surface area (Å²) in [5.74, 6) is 0.727. The van der Waals surface area contributed by atoms with Gasteiger partial charge in [-0.2, -0.15) is 18.3 Å². The third-order valence-electron chi connectivity index (χ3n) is 4.32. The lowest BCUT2D eigenvalue weighted by molar-refractivity contribution is -0.141. The molecule has 130 valence electrons. The minimum absolute atomic E-state index is 0.149. The van der Waals surface area contributed by atoms with Crippen LogP contribution in [-0.4, -0.2) is 32.8 Å². The smallest absolute Gasteiger partial charge is 0.341 e. The van der Waals surface area contributed by atoms with E-state index in [4.69, 9.17) is 0 Å². The highest BCUT2D eigenvalue weighted by Crippen LogP contribution is 2.32. The molecule has 0 saturated carbocycles. The van der Waals surface area contributed by atoms with Crippen molar-refractivity contribution < 1.29 is 13.2 Å². The van der Waals surface area contributed by atoms with Gasteiger partial charge in [-0.15, -0.1) is 0 Å². The minimum atomic E-state index is -4.50. The van der Waals surface area contributed by atoms with Gasteiger partial charge in [0, 0.05) is 31.4 Å². The molecule has 1 aliphatic heterocycles. The number of halogens is 3. The minimum Gasteiger partial charge on any atom is -0.341 e. The van der Waals surface area contributed by atoms with Gasteiger partial charge >= 0.3 is 6.18 Å². The predicted molar refractivity (Wildman–Crippen MR) is 84.5 cm³/mol. The van der Waals surface area contributed by atoms with Crippen LogP contribution in [-0.2, 0) is 12.7 Å². The Morgan fingerprint density at radius 1 is 1.21 bits per heavy atom. The molecule has 0 unspecified atom stereocenters. The van der Waals surface area contributed by atoms with Crippen LogP contribution in [0.4, 0.5) is 19.1 Å². The van der Waals surface area contributed by atoms with Gasteiger partial charge in [0.15, 0.2) is 5.69 Å². The zero-order chi connectivity index (χ0) is 17.3. The largest absolute Gasteiger partial charge is 0.433 e. The Morgan fingerprint density at radius 3 is 2.50 bits per heavy atom. The van der Waals surface area contributed by atoms with Gasteiger partial charge in [0.2, 0.25) is 5.95 Å². The molecule has 0 aliphatic carbocycles. The van der Waals surface area contributed by atoms with Gasteiger partial charge in [-0.1, -0.05) is 6.92 Å². The Hall–Kier alpha value is -2.12. The highest BCUT2D eigenvalue weighted by molar-refractivity contribution is 5.59. The van der Waals surface area contributed by atoms with E-state index in [2.05, 4.69) is 22.0 Å². The average molecular weight is 339 g/mol. The summed E-state index contributed by atoms with van der Waals surface area (Å²) in [5.41, 5.74) is -0.0904. The molecular formula is C16H20F3N5. The maximum atomic E-state index is 13.2. The average Bonchev–Trinajstić information content (AvgIpc) is 3.03. The van der Waals surface area contributed by atoms with E-state index in [-0.39, 0.29) is 11.6 Å². The summed E-state index contributed by atoms with van der Waals surface area (Å²) in [6.07, 6.45) is 0.597. The maximum Gasteiger partial charge on any atom is 0.433 e. The molecule has 0 amide bonds. The van der Waals surface area contributed by atoms with Crippen LogP contribution in [0.1, 0.15) is 32.4 Å². The van der Waals surface area contributed by atoms with Crippen LogP contribution in [0.15, 0.2) is 18.5 Å². The van der Waals surface area contributed by atoms with Crippen LogP contribution in [0.2, 0.25) is 0 Å². The van der Waals surface area contributed by atoms with E-state index < -0.39 is 11.9 Å². The maximum absolute atomic E-state index is 13.2. The molecule has 0 aromatic carbocycles. The standard InChI is InChI=1S/C16H20F3N5/c1-3-24-10-12(9-20-24)13-8-14(16(17,18)19)22-15(21-13)23-6-4-11(2)5-7-23/h8-11H,3-7H2,1-2H3. The van der Waals surface area contributed by atoms with Crippen LogP contribution >= 0.6 is 0 Å². The summed E-state index contributed by atoms with van der Waals surface area (Å²) in [5, 5.41) is 4.12. The van der Waals surface area contributed by atoms with Crippen LogP contribution in [0.5, 0.6) is 0 Å². The van der Waals surface area contributed by atoms with Gasteiger partial charge in [-0.25, -0.2) is 9.97 Å². The van der Waals surface area contributed by atoms with Crippen molar-refractivity contribution in [2.45, 2.75) is 39.4 Å². The number of alkyl halides is 3. The van der Waals surface area contributed by atoms with Gasteiger partial charge < -0.3 is 4.90 Å². The van der Waals surface area contributed by atoms with E-state index in [1.54, 1.807) is 10.9 Å². The van der Waals surface area contributed by atoms with Crippen molar-refractivity contribution in [2.24, 2.45) is 5.92 Å². The fourth-order valence-electron chi connectivity index (χ4n) is 2.75. The molecule has 0 atom stereocenters. The van der Waals surface area contributed by atoms with Crippen LogP contribution < -0.4 is 4.90 Å². The number of anilines is 1. The number of piperidine rings is 1. The second kappa shape index (κ2) is 6.41. The van der Waals surface area contributed by atoms with E-state index >= 15 is 0 Å². The third kappa shape index (κ3) is 3.52. The highest BCUT2D eigenvalue weighted by atomic mass is 19.4. The molecule has 24 heavy (non-hydrogen) atoms. The first-order chi connectivity index (χ1) is 11.4. The third-order valence-corrected chi connectivity index (χ3v) is 4.32. The molecule has 1 saturated heterocycles. The van der Waals surface area contributed by atoms with Gasteiger partial charge in [-0.05, 0) is 31.7 Å². The summed E-state index contributed by atoms with van der Waals surface area (Å²) < 4.78 is 41.4. The lowest BCUT2D eigenvalue weighted by Gasteiger charge is -2.30. The summed E-state index contributed by atoms with van der Waals surface area (Å²) in [7, 11) is 0. The van der Waals surface area contributed by atoms with E-state index in [1.807, 2.05) is 11.8 Å². The Balaban J connectivity index is 2.00. The number of aryl methyl sites for hydroxylation is 1. The zero-order valence-electron chi connectivity index (χ0n) is 13.7. The monoisotopic (exact) mass is 339 g/mol. The number of rotatable bonds is 3. The molecule has 0 bridgehead atoms. The lowest BCUT2D eigenvalue weighted by Crippen LogP contribution is -2.34. The molecular weight excluding hydrogens is 319 g/mol. The van der Waals surface area contributed by atoms with Crippen molar-refractivity contribution in [3.8, 4) is 11.3 Å². The van der Waals surface area contributed by atoms with Crippen LogP contribution in [0.25, 0.3) is 11.3 Å². The second-order valence-corrected chi connectivity index (χ2v) is 6.19. The first kappa shape index (κ1) is 16.7. The Labute approximate surface area is 138 Å². The second-order valence-electron chi connectivity index (χ2n) is 6.19. The molecule has 5 nitrogen and oxygen atoms in total. The molecule has 3 heterocycles. The summed E-state index contributed by atoms with van der Waals surface area (Å²) >= 11 is 0. The number of hydrogen-bond donors (Lipinski definition) is 0. The van der Waals surface area contributed by atoms with Crippen LogP contribution in [0.3, 0.4) is 0 Å². The number of nitrogens with zero attached hydrogens (tertiary/aromatic N) is 5. The molecule has 0 N–H and O–H groups in total. The first-order valence-corrected chi connectivity index (χ1v) is 8.11. The Kier molecular flexibility index (Phi) is 4.47. The summed E-state index contributed by atoms with van der Waals surface area (Å²) in [6, 6.07) is 0.993. The van der Waals surface area contributed by atoms with Crippen LogP contribution in [0, 0.1) is 5.92 Å². The SMILES string of the molecule is CCn1cc(-c2cc(C(F)(F)F)nc(N3CCC(C)CC3)n2)cn1. The first-order valence-electron chi connectivity index (χ1n) is 8.11. The topological polar surface area (TPSA) is 46.8 Å². The van der Waals surface area contributed by atoms with Gasteiger partial charge in [0.25, 0.3) is 0 Å². The molecule has 2 aromatic heterocycles.